The monoisotopic (exact) mass is 525 g/mol. The standard InChI is InChI=1S/C36H23N5/c1-2-8-29-24(6-1)11-16-34-36(29)30-20-25(27-10-14-32(39-22-27)31-9-3-4-19-38-31)12-15-33(30)41(34)35-17-13-28(23-40-35)26-7-5-18-37-21-26/h1-23H. The molecule has 0 atom stereocenters. The average molecular weight is 526 g/mol. The van der Waals surface area contributed by atoms with E-state index in [0.29, 0.717) is 0 Å². The molecule has 192 valence electrons. The van der Waals surface area contributed by atoms with E-state index in [1.807, 2.05) is 48.9 Å². The molecule has 0 aliphatic heterocycles. The molecule has 0 unspecified atom stereocenters. The van der Waals surface area contributed by atoms with E-state index in [2.05, 4.69) is 93.4 Å². The Morgan fingerprint density at radius 2 is 1.24 bits per heavy atom. The van der Waals surface area contributed by atoms with E-state index in [0.717, 1.165) is 50.5 Å². The molecular weight excluding hydrogens is 502 g/mol. The smallest absolute Gasteiger partial charge is 0.137 e. The third kappa shape index (κ3) is 3.95. The van der Waals surface area contributed by atoms with Crippen molar-refractivity contribution in [2.24, 2.45) is 0 Å². The number of benzene rings is 3. The van der Waals surface area contributed by atoms with E-state index in [1.165, 1.54) is 21.5 Å². The van der Waals surface area contributed by atoms with Crippen molar-refractivity contribution in [1.82, 2.24) is 24.5 Å². The van der Waals surface area contributed by atoms with Crippen LogP contribution in [0.15, 0.2) is 140 Å². The highest BCUT2D eigenvalue weighted by atomic mass is 15.1. The minimum absolute atomic E-state index is 0.860. The number of hydrogen-bond acceptors (Lipinski definition) is 4. The Morgan fingerprint density at radius 1 is 0.463 bits per heavy atom. The van der Waals surface area contributed by atoms with Crippen molar-refractivity contribution in [2.75, 3.05) is 0 Å². The van der Waals surface area contributed by atoms with E-state index in [9.17, 15) is 0 Å². The zero-order valence-electron chi connectivity index (χ0n) is 22.0. The maximum Gasteiger partial charge on any atom is 0.137 e. The summed E-state index contributed by atoms with van der Waals surface area (Å²) >= 11 is 0. The molecule has 5 aromatic heterocycles. The van der Waals surface area contributed by atoms with Crippen molar-refractivity contribution in [3.63, 3.8) is 0 Å². The van der Waals surface area contributed by atoms with Crippen LogP contribution in [0.25, 0.3) is 72.0 Å². The van der Waals surface area contributed by atoms with Crippen LogP contribution in [-0.2, 0) is 0 Å². The first-order chi connectivity index (χ1) is 20.3. The van der Waals surface area contributed by atoms with E-state index < -0.39 is 0 Å². The molecule has 8 aromatic rings. The molecule has 41 heavy (non-hydrogen) atoms. The normalized spacial score (nSPS) is 11.4. The number of nitrogens with zero attached hydrogens (tertiary/aromatic N) is 5. The zero-order valence-corrected chi connectivity index (χ0v) is 22.0. The van der Waals surface area contributed by atoms with E-state index in [1.54, 1.807) is 12.4 Å². The molecule has 0 saturated carbocycles. The first-order valence-corrected chi connectivity index (χ1v) is 13.5. The molecule has 5 heterocycles. The Balaban J connectivity index is 1.31. The third-order valence-corrected chi connectivity index (χ3v) is 7.65. The Labute approximate surface area is 236 Å². The summed E-state index contributed by atoms with van der Waals surface area (Å²) in [6.07, 6.45) is 9.30. The van der Waals surface area contributed by atoms with Crippen molar-refractivity contribution < 1.29 is 0 Å². The molecule has 8 rings (SSSR count). The molecule has 0 spiro atoms. The summed E-state index contributed by atoms with van der Waals surface area (Å²) in [5, 5.41) is 4.84. The highest BCUT2D eigenvalue weighted by molar-refractivity contribution is 6.21. The van der Waals surface area contributed by atoms with Crippen molar-refractivity contribution in [3.8, 4) is 39.5 Å². The minimum Gasteiger partial charge on any atom is -0.294 e. The Morgan fingerprint density at radius 3 is 2.05 bits per heavy atom. The number of pyridine rings is 4. The molecule has 3 aromatic carbocycles. The Hall–Kier alpha value is -5.68. The molecule has 0 bridgehead atoms. The summed E-state index contributed by atoms with van der Waals surface area (Å²) in [6, 6.07) is 37.8. The summed E-state index contributed by atoms with van der Waals surface area (Å²) in [4.78, 5) is 18.3. The molecule has 0 aliphatic carbocycles. The van der Waals surface area contributed by atoms with Crippen molar-refractivity contribution in [2.45, 2.75) is 0 Å². The second-order valence-electron chi connectivity index (χ2n) is 10.0. The van der Waals surface area contributed by atoms with E-state index in [-0.39, 0.29) is 0 Å². The summed E-state index contributed by atoms with van der Waals surface area (Å²) in [5.41, 5.74) is 8.23. The quantitative estimate of drug-likeness (QED) is 0.231. The zero-order chi connectivity index (χ0) is 27.2. The van der Waals surface area contributed by atoms with Gasteiger partial charge in [0.25, 0.3) is 0 Å². The highest BCUT2D eigenvalue weighted by Crippen LogP contribution is 2.38. The lowest BCUT2D eigenvalue weighted by atomic mass is 10.0. The maximum atomic E-state index is 4.92. The minimum atomic E-state index is 0.860. The maximum absolute atomic E-state index is 4.92. The number of rotatable bonds is 4. The molecule has 5 heteroatoms. The summed E-state index contributed by atoms with van der Waals surface area (Å²) < 4.78 is 2.26. The number of hydrogen-bond donors (Lipinski definition) is 0. The van der Waals surface area contributed by atoms with Crippen LogP contribution < -0.4 is 0 Å². The predicted octanol–water partition coefficient (Wildman–Crippen LogP) is 8.52. The van der Waals surface area contributed by atoms with Crippen LogP contribution in [-0.4, -0.2) is 24.5 Å². The van der Waals surface area contributed by atoms with Crippen LogP contribution in [0.4, 0.5) is 0 Å². The molecule has 0 saturated heterocycles. The van der Waals surface area contributed by atoms with Gasteiger partial charge in [0.2, 0.25) is 0 Å². The van der Waals surface area contributed by atoms with Crippen molar-refractivity contribution in [1.29, 1.82) is 0 Å². The summed E-state index contributed by atoms with van der Waals surface area (Å²) in [5.74, 6) is 0.877. The van der Waals surface area contributed by atoms with Gasteiger partial charge in [-0.05, 0) is 70.9 Å². The van der Waals surface area contributed by atoms with Crippen LogP contribution in [0.1, 0.15) is 0 Å². The fourth-order valence-corrected chi connectivity index (χ4v) is 5.67. The number of fused-ring (bicyclic) bond motifs is 5. The summed E-state index contributed by atoms with van der Waals surface area (Å²) in [7, 11) is 0. The van der Waals surface area contributed by atoms with Gasteiger partial charge >= 0.3 is 0 Å². The SMILES string of the molecule is c1ccc(-c2ccc(-c3ccc4c(c3)c3c5ccccc5ccc3n4-c3ccc(-c4cccnc4)cn3)cn2)nc1. The van der Waals surface area contributed by atoms with Gasteiger partial charge in [-0.25, -0.2) is 4.98 Å². The molecule has 0 amide bonds. The van der Waals surface area contributed by atoms with Gasteiger partial charge in [0.15, 0.2) is 0 Å². The summed E-state index contributed by atoms with van der Waals surface area (Å²) in [6.45, 7) is 0. The van der Waals surface area contributed by atoms with Gasteiger partial charge in [0.05, 0.1) is 22.4 Å². The molecule has 0 aliphatic rings. The second-order valence-corrected chi connectivity index (χ2v) is 10.0. The first kappa shape index (κ1) is 23.2. The van der Waals surface area contributed by atoms with Gasteiger partial charge < -0.3 is 0 Å². The largest absolute Gasteiger partial charge is 0.294 e. The Kier molecular flexibility index (Phi) is 5.38. The van der Waals surface area contributed by atoms with E-state index in [4.69, 9.17) is 9.97 Å². The first-order valence-electron chi connectivity index (χ1n) is 13.5. The number of aromatic nitrogens is 5. The van der Waals surface area contributed by atoms with Crippen molar-refractivity contribution >= 4 is 32.6 Å². The van der Waals surface area contributed by atoms with E-state index >= 15 is 0 Å². The topological polar surface area (TPSA) is 56.5 Å². The lowest BCUT2D eigenvalue weighted by Gasteiger charge is -2.09. The molecule has 0 radical (unpaired) electrons. The van der Waals surface area contributed by atoms with Gasteiger partial charge in [-0.3, -0.25) is 19.5 Å². The van der Waals surface area contributed by atoms with Crippen LogP contribution >= 0.6 is 0 Å². The lowest BCUT2D eigenvalue weighted by Crippen LogP contribution is -1.97. The Bertz CT molecular complexity index is 2170. The second kappa shape index (κ2) is 9.50. The van der Waals surface area contributed by atoms with Gasteiger partial charge in [-0.1, -0.05) is 54.6 Å². The predicted molar refractivity (Wildman–Crippen MR) is 166 cm³/mol. The molecular formula is C36H23N5. The molecule has 5 nitrogen and oxygen atoms in total. The van der Waals surface area contributed by atoms with Crippen LogP contribution in [0.5, 0.6) is 0 Å². The van der Waals surface area contributed by atoms with Crippen molar-refractivity contribution in [3.05, 3.63) is 140 Å². The van der Waals surface area contributed by atoms with Gasteiger partial charge in [-0.15, -0.1) is 0 Å². The van der Waals surface area contributed by atoms with Gasteiger partial charge in [0.1, 0.15) is 5.82 Å². The van der Waals surface area contributed by atoms with Crippen LogP contribution in [0, 0.1) is 0 Å². The lowest BCUT2D eigenvalue weighted by molar-refractivity contribution is 1.08. The molecule has 0 N–H and O–H groups in total. The fourth-order valence-electron chi connectivity index (χ4n) is 5.67. The third-order valence-electron chi connectivity index (χ3n) is 7.65. The molecule has 0 fully saturated rings. The van der Waals surface area contributed by atoms with Crippen LogP contribution in [0.3, 0.4) is 0 Å². The highest BCUT2D eigenvalue weighted by Gasteiger charge is 2.17. The van der Waals surface area contributed by atoms with Crippen LogP contribution in [0.2, 0.25) is 0 Å². The fraction of sp³-hybridized carbons (Fsp3) is 0. The van der Waals surface area contributed by atoms with Gasteiger partial charge in [0, 0.05) is 58.4 Å². The average Bonchev–Trinajstić information content (AvgIpc) is 3.40. The van der Waals surface area contributed by atoms with Gasteiger partial charge in [-0.2, -0.15) is 0 Å².